The Morgan fingerprint density at radius 3 is 2.41 bits per heavy atom. The van der Waals surface area contributed by atoms with Crippen molar-refractivity contribution in [2.75, 3.05) is 6.54 Å². The van der Waals surface area contributed by atoms with Gasteiger partial charge in [-0.05, 0) is 92.9 Å². The van der Waals surface area contributed by atoms with Crippen molar-refractivity contribution in [3.63, 3.8) is 0 Å². The Kier molecular flexibility index (Phi) is 10.0. The van der Waals surface area contributed by atoms with E-state index >= 15 is 0 Å². The summed E-state index contributed by atoms with van der Waals surface area (Å²) in [5.74, 6) is -0.333. The number of nitrogens with zero attached hydrogens (tertiary/aromatic N) is 2. The van der Waals surface area contributed by atoms with E-state index in [4.69, 9.17) is 9.31 Å². The predicted octanol–water partition coefficient (Wildman–Crippen LogP) is 4.40. The minimum Gasteiger partial charge on any atom is -0.404 e. The minimum absolute atomic E-state index is 0.0155. The molecule has 0 spiro atoms. The van der Waals surface area contributed by atoms with E-state index in [0.29, 0.717) is 35.2 Å². The molecule has 4 aliphatic rings. The summed E-state index contributed by atoms with van der Waals surface area (Å²) in [5, 5.41) is 13.1. The van der Waals surface area contributed by atoms with Crippen molar-refractivity contribution in [2.45, 2.75) is 111 Å². The Hall–Kier alpha value is -3.18. The maximum absolute atomic E-state index is 14.0. The summed E-state index contributed by atoms with van der Waals surface area (Å²) >= 11 is 0. The molecule has 1 aliphatic heterocycles. The van der Waals surface area contributed by atoms with Crippen LogP contribution < -0.4 is 16.0 Å². The maximum Gasteiger partial charge on any atom is 0.481 e. The third kappa shape index (κ3) is 6.91. The zero-order valence-electron chi connectivity index (χ0n) is 28.8. The number of rotatable bonds is 13. The summed E-state index contributed by atoms with van der Waals surface area (Å²) < 4.78 is 14.8. The van der Waals surface area contributed by atoms with Gasteiger partial charge >= 0.3 is 7.12 Å². The Labute approximate surface area is 274 Å². The molecule has 10 nitrogen and oxygen atoms in total. The minimum atomic E-state index is -1.04. The summed E-state index contributed by atoms with van der Waals surface area (Å²) in [6, 6.07) is 8.11. The van der Waals surface area contributed by atoms with E-state index in [1.165, 1.54) is 4.68 Å². The maximum atomic E-state index is 14.0. The van der Waals surface area contributed by atoms with Crippen LogP contribution in [0.5, 0.6) is 0 Å². The molecule has 2 heterocycles. The number of carbonyl (C=O) groups excluding carboxylic acids is 3. The molecule has 6 rings (SSSR count). The van der Waals surface area contributed by atoms with Gasteiger partial charge in [-0.15, -0.1) is 0 Å². The van der Waals surface area contributed by atoms with Crippen LogP contribution in [0, 0.1) is 30.1 Å². The van der Waals surface area contributed by atoms with Crippen LogP contribution in [0.3, 0.4) is 0 Å². The first-order chi connectivity index (χ1) is 21.7. The SMILES string of the molecule is CCCCc1ccc(C(=O)N[C@@H](CNC(=O)c2cc(C)nn2C)C(=O)N[C@@H](CC(C)C)B2O[C@@H]3C[C@H]4C[C@H](C4(C)C)[C@]3(C)O2)cc1. The van der Waals surface area contributed by atoms with Crippen molar-refractivity contribution in [3.8, 4) is 0 Å². The second-order valence-corrected chi connectivity index (χ2v) is 14.9. The lowest BCUT2D eigenvalue weighted by Crippen LogP contribution is -2.65. The molecule has 6 atom stereocenters. The average Bonchev–Trinajstić information content (AvgIpc) is 3.54. The fourth-order valence-corrected chi connectivity index (χ4v) is 7.86. The van der Waals surface area contributed by atoms with Crippen LogP contribution in [0.2, 0.25) is 0 Å². The quantitative estimate of drug-likeness (QED) is 0.281. The molecule has 0 radical (unpaired) electrons. The molecule has 1 aromatic carbocycles. The molecule has 1 saturated heterocycles. The average molecular weight is 634 g/mol. The van der Waals surface area contributed by atoms with E-state index < -0.39 is 30.6 Å². The highest BCUT2D eigenvalue weighted by Crippen LogP contribution is 2.65. The van der Waals surface area contributed by atoms with Crippen molar-refractivity contribution in [3.05, 3.63) is 52.8 Å². The van der Waals surface area contributed by atoms with Crippen molar-refractivity contribution in [1.29, 1.82) is 0 Å². The molecule has 46 heavy (non-hydrogen) atoms. The van der Waals surface area contributed by atoms with Crippen molar-refractivity contribution in [1.82, 2.24) is 25.7 Å². The van der Waals surface area contributed by atoms with Gasteiger partial charge in [-0.2, -0.15) is 5.10 Å². The molecule has 3 aliphatic carbocycles. The molecule has 2 aromatic rings. The van der Waals surface area contributed by atoms with Crippen LogP contribution >= 0.6 is 0 Å². The summed E-state index contributed by atoms with van der Waals surface area (Å²) in [5.41, 5.74) is 2.49. The van der Waals surface area contributed by atoms with Crippen LogP contribution in [0.1, 0.15) is 106 Å². The summed E-state index contributed by atoms with van der Waals surface area (Å²) in [6.07, 6.45) is 5.83. The fraction of sp³-hybridized carbons (Fsp3) is 0.657. The number of aryl methyl sites for hydroxylation is 3. The molecule has 0 unspecified atom stereocenters. The van der Waals surface area contributed by atoms with Gasteiger partial charge in [0.2, 0.25) is 5.91 Å². The molecule has 250 valence electrons. The normalized spacial score (nSPS) is 25.8. The zero-order chi connectivity index (χ0) is 33.4. The molecule has 3 amide bonds. The number of aromatic nitrogens is 2. The van der Waals surface area contributed by atoms with Gasteiger partial charge in [0.1, 0.15) is 11.7 Å². The van der Waals surface area contributed by atoms with Gasteiger partial charge in [-0.1, -0.05) is 53.2 Å². The lowest BCUT2D eigenvalue weighted by atomic mass is 9.43. The van der Waals surface area contributed by atoms with Crippen molar-refractivity contribution < 1.29 is 23.7 Å². The summed E-state index contributed by atoms with van der Waals surface area (Å²) in [4.78, 5) is 40.5. The van der Waals surface area contributed by atoms with Gasteiger partial charge in [0.05, 0.1) is 23.3 Å². The largest absolute Gasteiger partial charge is 0.481 e. The van der Waals surface area contributed by atoms with E-state index in [0.717, 1.165) is 37.7 Å². The second-order valence-electron chi connectivity index (χ2n) is 14.9. The predicted molar refractivity (Wildman–Crippen MR) is 178 cm³/mol. The van der Waals surface area contributed by atoms with E-state index in [-0.39, 0.29) is 35.8 Å². The number of nitrogens with one attached hydrogen (secondary N) is 3. The molecule has 4 fully saturated rings. The second kappa shape index (κ2) is 13.5. The number of amides is 3. The topological polar surface area (TPSA) is 124 Å². The molecular formula is C35H52BN5O5. The highest BCUT2D eigenvalue weighted by Gasteiger charge is 2.68. The number of hydrogen-bond donors (Lipinski definition) is 3. The van der Waals surface area contributed by atoms with Gasteiger partial charge in [-0.3, -0.25) is 19.1 Å². The summed E-state index contributed by atoms with van der Waals surface area (Å²) in [6.45, 7) is 14.9. The zero-order valence-corrected chi connectivity index (χ0v) is 28.8. The Morgan fingerprint density at radius 1 is 1.09 bits per heavy atom. The Morgan fingerprint density at radius 2 is 1.80 bits per heavy atom. The van der Waals surface area contributed by atoms with Gasteiger partial charge in [-0.25, -0.2) is 0 Å². The van der Waals surface area contributed by atoms with Crippen LogP contribution in [0.15, 0.2) is 30.3 Å². The fourth-order valence-electron chi connectivity index (χ4n) is 7.86. The standard InChI is InChI=1S/C35H52BN5O5/c1-9-10-11-23-12-14-24(15-13-23)31(42)38-26(20-37-33(44)27-17-22(4)40-41(27)8)32(43)39-30(16-21(2)3)36-45-29-19-25-18-28(34(25,5)6)35(29,7)46-36/h12-15,17,21,25-26,28-30H,9-11,16,18-20H2,1-8H3,(H,37,44)(H,38,42)(H,39,43)/t25-,26+,28-,29-,30+,35+/m1/s1. The highest BCUT2D eigenvalue weighted by molar-refractivity contribution is 6.48. The van der Waals surface area contributed by atoms with Crippen molar-refractivity contribution in [2.24, 2.45) is 30.2 Å². The Balaban J connectivity index is 1.32. The first kappa shape index (κ1) is 34.2. The van der Waals surface area contributed by atoms with Gasteiger partial charge < -0.3 is 25.3 Å². The molecule has 3 saturated carbocycles. The van der Waals surface area contributed by atoms with Crippen LogP contribution in [-0.2, 0) is 27.6 Å². The third-order valence-electron chi connectivity index (χ3n) is 10.7. The molecule has 3 N–H and O–H groups in total. The van der Waals surface area contributed by atoms with Crippen molar-refractivity contribution >= 4 is 24.8 Å². The molecule has 1 aromatic heterocycles. The lowest BCUT2D eigenvalue weighted by molar-refractivity contribution is -0.199. The van der Waals surface area contributed by atoms with Crippen LogP contribution in [-0.4, -0.2) is 64.9 Å². The third-order valence-corrected chi connectivity index (χ3v) is 10.7. The first-order valence-electron chi connectivity index (χ1n) is 17.0. The highest BCUT2D eigenvalue weighted by atomic mass is 16.7. The van der Waals surface area contributed by atoms with E-state index in [1.807, 2.05) is 19.1 Å². The summed E-state index contributed by atoms with van der Waals surface area (Å²) in [7, 11) is 1.09. The van der Waals surface area contributed by atoms with Gasteiger partial charge in [0.15, 0.2) is 0 Å². The van der Waals surface area contributed by atoms with E-state index in [9.17, 15) is 14.4 Å². The number of hydrogen-bond acceptors (Lipinski definition) is 6. The first-order valence-corrected chi connectivity index (χ1v) is 17.0. The molecule has 11 heteroatoms. The molecular weight excluding hydrogens is 581 g/mol. The number of unbranched alkanes of at least 4 members (excludes halogenated alkanes) is 1. The lowest BCUT2D eigenvalue weighted by Gasteiger charge is -2.64. The smallest absolute Gasteiger partial charge is 0.404 e. The molecule has 2 bridgehead atoms. The van der Waals surface area contributed by atoms with Crippen LogP contribution in [0.4, 0.5) is 0 Å². The number of benzene rings is 1. The Bertz CT molecular complexity index is 1420. The van der Waals surface area contributed by atoms with E-state index in [2.05, 4.69) is 62.6 Å². The van der Waals surface area contributed by atoms with E-state index in [1.54, 1.807) is 25.2 Å². The van der Waals surface area contributed by atoms with Gasteiger partial charge in [0.25, 0.3) is 11.8 Å². The number of carbonyl (C=O) groups is 3. The van der Waals surface area contributed by atoms with Crippen LogP contribution in [0.25, 0.3) is 0 Å². The van der Waals surface area contributed by atoms with Gasteiger partial charge in [0, 0.05) is 19.2 Å². The monoisotopic (exact) mass is 633 g/mol.